The summed E-state index contributed by atoms with van der Waals surface area (Å²) in [5.41, 5.74) is 1.76. The third kappa shape index (κ3) is 5.80. The molecule has 8 heteroatoms. The highest BCUT2D eigenvalue weighted by Crippen LogP contribution is 2.23. The van der Waals surface area contributed by atoms with Gasteiger partial charge in [-0.3, -0.25) is 4.79 Å². The normalized spacial score (nSPS) is 11.4. The fourth-order valence-electron chi connectivity index (χ4n) is 2.71. The van der Waals surface area contributed by atoms with Crippen LogP contribution >= 0.6 is 11.8 Å². The van der Waals surface area contributed by atoms with Crippen LogP contribution in [0.25, 0.3) is 17.1 Å². The maximum Gasteiger partial charge on any atom is 0.244 e. The second-order valence-electron chi connectivity index (χ2n) is 6.97. The van der Waals surface area contributed by atoms with E-state index in [9.17, 15) is 4.79 Å². The fourth-order valence-corrected chi connectivity index (χ4v) is 3.07. The van der Waals surface area contributed by atoms with Crippen molar-refractivity contribution >= 4 is 40.6 Å². The van der Waals surface area contributed by atoms with Crippen molar-refractivity contribution in [2.45, 2.75) is 25.5 Å². The molecule has 0 atom stereocenters. The van der Waals surface area contributed by atoms with E-state index in [4.69, 9.17) is 0 Å². The zero-order valence-electron chi connectivity index (χ0n) is 16.9. The first-order chi connectivity index (χ1) is 14.1. The van der Waals surface area contributed by atoms with Gasteiger partial charge in [-0.2, -0.15) is 5.10 Å². The number of anilines is 1. The van der Waals surface area contributed by atoms with Gasteiger partial charge in [-0.15, -0.1) is 0 Å². The molecular formula is C21H26N6OS. The Kier molecular flexibility index (Phi) is 7.24. The van der Waals surface area contributed by atoms with Gasteiger partial charge in [0.2, 0.25) is 5.91 Å². The number of amides is 1. The van der Waals surface area contributed by atoms with E-state index in [2.05, 4.69) is 39.5 Å². The highest BCUT2D eigenvalue weighted by Gasteiger charge is 2.13. The van der Waals surface area contributed by atoms with Crippen molar-refractivity contribution in [2.24, 2.45) is 5.92 Å². The molecule has 0 aliphatic heterocycles. The molecule has 3 aromatic rings. The Labute approximate surface area is 175 Å². The maximum atomic E-state index is 12.0. The van der Waals surface area contributed by atoms with Gasteiger partial charge < -0.3 is 10.6 Å². The molecule has 0 saturated heterocycles. The molecule has 7 nitrogen and oxygen atoms in total. The lowest BCUT2D eigenvalue weighted by atomic mass is 10.2. The van der Waals surface area contributed by atoms with E-state index in [0.29, 0.717) is 24.2 Å². The minimum atomic E-state index is -0.135. The van der Waals surface area contributed by atoms with Crippen LogP contribution in [0, 0.1) is 5.92 Å². The molecule has 0 aliphatic carbocycles. The van der Waals surface area contributed by atoms with E-state index in [1.165, 1.54) is 11.8 Å². The molecule has 2 heterocycles. The Hall–Kier alpha value is -2.87. The predicted molar refractivity (Wildman–Crippen MR) is 119 cm³/mol. The summed E-state index contributed by atoms with van der Waals surface area (Å²) in [5, 5.41) is 12.3. The number of nitrogens with zero attached hydrogens (tertiary/aromatic N) is 4. The molecule has 3 rings (SSSR count). The van der Waals surface area contributed by atoms with Crippen molar-refractivity contribution in [3.8, 4) is 0 Å². The van der Waals surface area contributed by atoms with Gasteiger partial charge in [0.15, 0.2) is 10.8 Å². The largest absolute Gasteiger partial charge is 0.369 e. The number of carbonyl (C=O) groups is 1. The number of rotatable bonds is 9. The van der Waals surface area contributed by atoms with Gasteiger partial charge in [-0.05, 0) is 23.8 Å². The number of hydrogen-bond acceptors (Lipinski definition) is 6. The number of thioether (sulfide) groups is 1. The van der Waals surface area contributed by atoms with Gasteiger partial charge >= 0.3 is 0 Å². The minimum absolute atomic E-state index is 0.135. The summed E-state index contributed by atoms with van der Waals surface area (Å²) in [6, 6.07) is 9.73. The molecule has 29 heavy (non-hydrogen) atoms. The van der Waals surface area contributed by atoms with E-state index in [0.717, 1.165) is 29.0 Å². The van der Waals surface area contributed by atoms with Crippen LogP contribution in [0.2, 0.25) is 0 Å². The summed E-state index contributed by atoms with van der Waals surface area (Å²) in [6.45, 7) is 6.12. The van der Waals surface area contributed by atoms with Crippen LogP contribution in [0.15, 0.2) is 47.8 Å². The summed E-state index contributed by atoms with van der Waals surface area (Å²) in [6.07, 6.45) is 7.06. The first-order valence-electron chi connectivity index (χ1n) is 9.59. The van der Waals surface area contributed by atoms with E-state index in [-0.39, 0.29) is 5.91 Å². The molecule has 1 aromatic carbocycles. The van der Waals surface area contributed by atoms with E-state index >= 15 is 0 Å². The van der Waals surface area contributed by atoms with Crippen LogP contribution in [0.4, 0.5) is 5.82 Å². The van der Waals surface area contributed by atoms with Gasteiger partial charge in [0.05, 0.1) is 18.1 Å². The monoisotopic (exact) mass is 410 g/mol. The van der Waals surface area contributed by atoms with E-state index < -0.39 is 0 Å². The van der Waals surface area contributed by atoms with Crippen LogP contribution in [0.5, 0.6) is 0 Å². The highest BCUT2D eigenvalue weighted by molar-refractivity contribution is 7.98. The first kappa shape index (κ1) is 20.9. The first-order valence-corrected chi connectivity index (χ1v) is 10.8. The van der Waals surface area contributed by atoms with Gasteiger partial charge in [0.1, 0.15) is 5.82 Å². The van der Waals surface area contributed by atoms with Gasteiger partial charge in [-0.25, -0.2) is 14.6 Å². The Bertz CT molecular complexity index is 984. The Morgan fingerprint density at radius 2 is 2.03 bits per heavy atom. The summed E-state index contributed by atoms with van der Waals surface area (Å²) in [7, 11) is 0. The number of carbonyl (C=O) groups excluding carboxylic acids is 1. The average Bonchev–Trinajstić information content (AvgIpc) is 3.14. The lowest BCUT2D eigenvalue weighted by molar-refractivity contribution is -0.116. The SMILES string of the molecule is CSc1nc(NCC(C)C)c2cnn(CCNC(=O)C=Cc3ccccc3)c2n1. The summed E-state index contributed by atoms with van der Waals surface area (Å²) >= 11 is 1.50. The van der Waals surface area contributed by atoms with Crippen LogP contribution in [-0.4, -0.2) is 45.0 Å². The van der Waals surface area contributed by atoms with E-state index in [1.54, 1.807) is 23.0 Å². The number of aromatic nitrogens is 4. The molecule has 0 fully saturated rings. The van der Waals surface area contributed by atoms with Crippen molar-refractivity contribution < 1.29 is 4.79 Å². The summed E-state index contributed by atoms with van der Waals surface area (Å²) in [5.74, 6) is 1.17. The summed E-state index contributed by atoms with van der Waals surface area (Å²) < 4.78 is 1.80. The molecule has 1 amide bonds. The predicted octanol–water partition coefficient (Wildman–Crippen LogP) is 3.45. The average molecular weight is 411 g/mol. The molecular weight excluding hydrogens is 384 g/mol. The number of benzene rings is 1. The highest BCUT2D eigenvalue weighted by atomic mass is 32.2. The molecule has 0 bridgehead atoms. The zero-order chi connectivity index (χ0) is 20.6. The van der Waals surface area contributed by atoms with Crippen LogP contribution in [0.3, 0.4) is 0 Å². The standard InChI is InChI=1S/C21H26N6OS/c1-15(2)13-23-19-17-14-24-27(20(17)26-21(25-19)29-3)12-11-22-18(28)10-9-16-7-5-4-6-8-16/h4-10,14-15H,11-13H2,1-3H3,(H,22,28)(H,23,25,26). The molecule has 2 N–H and O–H groups in total. The van der Waals surface area contributed by atoms with Gasteiger partial charge in [0.25, 0.3) is 0 Å². The van der Waals surface area contributed by atoms with Crippen molar-refractivity contribution in [2.75, 3.05) is 24.7 Å². The third-order valence-corrected chi connectivity index (χ3v) is 4.73. The second-order valence-corrected chi connectivity index (χ2v) is 7.75. The van der Waals surface area contributed by atoms with Crippen molar-refractivity contribution in [3.05, 3.63) is 48.2 Å². The van der Waals surface area contributed by atoms with Crippen molar-refractivity contribution in [3.63, 3.8) is 0 Å². The second kappa shape index (κ2) is 10.1. The molecule has 0 saturated carbocycles. The topological polar surface area (TPSA) is 84.7 Å². The Morgan fingerprint density at radius 1 is 1.24 bits per heavy atom. The minimum Gasteiger partial charge on any atom is -0.369 e. The van der Waals surface area contributed by atoms with Gasteiger partial charge in [-0.1, -0.05) is 55.9 Å². The fraction of sp³-hybridized carbons (Fsp3) is 0.333. The molecule has 0 unspecified atom stereocenters. The number of hydrogen-bond donors (Lipinski definition) is 2. The van der Waals surface area contributed by atoms with Crippen molar-refractivity contribution in [1.82, 2.24) is 25.1 Å². The van der Waals surface area contributed by atoms with Crippen molar-refractivity contribution in [1.29, 1.82) is 0 Å². The van der Waals surface area contributed by atoms with Crippen LogP contribution in [-0.2, 0) is 11.3 Å². The molecule has 0 aliphatic rings. The maximum absolute atomic E-state index is 12.0. The number of fused-ring (bicyclic) bond motifs is 1. The Morgan fingerprint density at radius 3 is 2.76 bits per heavy atom. The van der Waals surface area contributed by atoms with E-state index in [1.807, 2.05) is 36.6 Å². The summed E-state index contributed by atoms with van der Waals surface area (Å²) in [4.78, 5) is 21.2. The lowest BCUT2D eigenvalue weighted by Gasteiger charge is -2.10. The Balaban J connectivity index is 1.65. The number of nitrogens with one attached hydrogen (secondary N) is 2. The zero-order valence-corrected chi connectivity index (χ0v) is 17.7. The molecule has 152 valence electrons. The smallest absolute Gasteiger partial charge is 0.244 e. The van der Waals surface area contributed by atoms with Crippen LogP contribution in [0.1, 0.15) is 19.4 Å². The quantitative estimate of drug-likeness (QED) is 0.319. The molecule has 2 aromatic heterocycles. The van der Waals surface area contributed by atoms with Gasteiger partial charge in [0, 0.05) is 19.2 Å². The molecule has 0 radical (unpaired) electrons. The van der Waals surface area contributed by atoms with Crippen LogP contribution < -0.4 is 10.6 Å². The lowest BCUT2D eigenvalue weighted by Crippen LogP contribution is -2.25. The molecule has 0 spiro atoms. The third-order valence-electron chi connectivity index (χ3n) is 4.19.